The summed E-state index contributed by atoms with van der Waals surface area (Å²) >= 11 is 0. The summed E-state index contributed by atoms with van der Waals surface area (Å²) in [6, 6.07) is 16.5. The number of hydrogen-bond acceptors (Lipinski definition) is 0. The Morgan fingerprint density at radius 2 is 0.846 bits per heavy atom. The molecule has 0 bridgehead atoms. The fourth-order valence-electron chi connectivity index (χ4n) is 0.940. The van der Waals surface area contributed by atoms with Crippen LogP contribution in [0.25, 0.3) is 0 Å². The molecule has 0 heterocycles. The Kier molecular flexibility index (Phi) is 6.44. The van der Waals surface area contributed by atoms with Crippen LogP contribution < -0.4 is 0 Å². The molecule has 0 unspecified atom stereocenters. The first-order valence-corrected chi connectivity index (χ1v) is 4.15. The molecule has 0 aromatic heterocycles. The molecule has 0 amide bonds. The molecule has 0 N–H and O–H groups in total. The van der Waals surface area contributed by atoms with Gasteiger partial charge in [0.2, 0.25) is 0 Å². The van der Waals surface area contributed by atoms with Crippen LogP contribution in [0.5, 0.6) is 0 Å². The maximum atomic E-state index is 2.08. The van der Waals surface area contributed by atoms with Gasteiger partial charge in [0.25, 0.3) is 0 Å². The van der Waals surface area contributed by atoms with Crippen molar-refractivity contribution < 1.29 is 19.5 Å². The second-order valence-corrected chi connectivity index (χ2v) is 2.92. The summed E-state index contributed by atoms with van der Waals surface area (Å²) in [6.45, 7) is 4.17. The summed E-state index contributed by atoms with van der Waals surface area (Å²) in [5.74, 6) is 0. The van der Waals surface area contributed by atoms with E-state index in [2.05, 4.69) is 38.1 Å². The van der Waals surface area contributed by atoms with Gasteiger partial charge in [-0.2, -0.15) is 35.4 Å². The van der Waals surface area contributed by atoms with Crippen molar-refractivity contribution in [2.45, 2.75) is 13.8 Å². The van der Waals surface area contributed by atoms with Gasteiger partial charge in [0.05, 0.1) is 0 Å². The summed E-state index contributed by atoms with van der Waals surface area (Å²) in [7, 11) is 0. The molecule has 64 valence electrons. The third-order valence-electron chi connectivity index (χ3n) is 1.66. The minimum Gasteiger partial charge on any atom is -0.213 e. The van der Waals surface area contributed by atoms with E-state index in [0.717, 1.165) is 0 Å². The molecule has 2 aromatic rings. The first kappa shape index (κ1) is 12.3. The minimum absolute atomic E-state index is 0. The molecule has 0 aliphatic rings. The summed E-state index contributed by atoms with van der Waals surface area (Å²) in [5.41, 5.74) is 2.69. The molecular weight excluding hydrogens is 210 g/mol. The van der Waals surface area contributed by atoms with Crippen LogP contribution in [-0.2, 0) is 19.5 Å². The first-order valence-electron chi connectivity index (χ1n) is 4.15. The summed E-state index contributed by atoms with van der Waals surface area (Å²) < 4.78 is 0. The normalized spacial score (nSPS) is 8.15. The Balaban J connectivity index is 0.000000206. The molecule has 13 heavy (non-hydrogen) atoms. The molecule has 0 radical (unpaired) electrons. The quantitative estimate of drug-likeness (QED) is 0.474. The van der Waals surface area contributed by atoms with Crippen molar-refractivity contribution in [2.24, 2.45) is 0 Å². The average Bonchev–Trinajstić information content (AvgIpc) is 2.63. The molecule has 2 aromatic carbocycles. The largest absolute Gasteiger partial charge is 2.00 e. The molecule has 0 atom stereocenters. The topological polar surface area (TPSA) is 0 Å². The maximum Gasteiger partial charge on any atom is 2.00 e. The summed E-state index contributed by atoms with van der Waals surface area (Å²) in [6.07, 6.45) is 0. The Morgan fingerprint density at radius 1 is 0.615 bits per heavy atom. The van der Waals surface area contributed by atoms with Crippen LogP contribution in [0.2, 0.25) is 0 Å². The van der Waals surface area contributed by atoms with Crippen LogP contribution >= 0.6 is 0 Å². The van der Waals surface area contributed by atoms with Crippen molar-refractivity contribution in [3.05, 3.63) is 59.7 Å². The van der Waals surface area contributed by atoms with Gasteiger partial charge >= 0.3 is 19.5 Å². The fraction of sp³-hybridized carbons (Fsp3) is 0.167. The second kappa shape index (κ2) is 6.80. The molecule has 0 aliphatic carbocycles. The van der Waals surface area contributed by atoms with Crippen LogP contribution in [0.15, 0.2) is 48.5 Å². The van der Waals surface area contributed by atoms with Crippen molar-refractivity contribution >= 4 is 0 Å². The van der Waals surface area contributed by atoms with E-state index in [0.29, 0.717) is 0 Å². The molecule has 0 saturated heterocycles. The second-order valence-electron chi connectivity index (χ2n) is 2.92. The van der Waals surface area contributed by atoms with E-state index in [4.69, 9.17) is 0 Å². The van der Waals surface area contributed by atoms with Gasteiger partial charge in [0.15, 0.2) is 0 Å². The van der Waals surface area contributed by atoms with Gasteiger partial charge in [0.1, 0.15) is 0 Å². The van der Waals surface area contributed by atoms with Gasteiger partial charge in [-0.3, -0.25) is 0 Å². The Labute approximate surface area is 93.1 Å². The van der Waals surface area contributed by atoms with Gasteiger partial charge in [0, 0.05) is 0 Å². The minimum atomic E-state index is 0. The third kappa shape index (κ3) is 5.54. The van der Waals surface area contributed by atoms with Crippen molar-refractivity contribution in [1.29, 1.82) is 0 Å². The van der Waals surface area contributed by atoms with E-state index in [1.54, 1.807) is 0 Å². The maximum absolute atomic E-state index is 2.08. The zero-order valence-corrected chi connectivity index (χ0v) is 11.3. The van der Waals surface area contributed by atoms with Crippen molar-refractivity contribution in [3.8, 4) is 0 Å². The van der Waals surface area contributed by atoms with Gasteiger partial charge in [-0.1, -0.05) is 13.8 Å². The van der Waals surface area contributed by atoms with Gasteiger partial charge < -0.3 is 0 Å². The van der Waals surface area contributed by atoms with Gasteiger partial charge in [-0.05, 0) is 0 Å². The Morgan fingerprint density at radius 3 is 0.923 bits per heavy atom. The molecule has 0 saturated carbocycles. The van der Waals surface area contributed by atoms with E-state index in [1.807, 2.05) is 24.3 Å². The summed E-state index contributed by atoms with van der Waals surface area (Å²) in [5, 5.41) is 0. The van der Waals surface area contributed by atoms with Crippen LogP contribution in [0.1, 0.15) is 11.1 Å². The SMILES string of the molecule is C[c-]1cccc1.C[c-]1cccc1.[Zn+2]. The predicted molar refractivity (Wildman–Crippen MR) is 53.5 cm³/mol. The zero-order chi connectivity index (χ0) is 8.81. The predicted octanol–water partition coefficient (Wildman–Crippen LogP) is 3.43. The zero-order valence-electron chi connectivity index (χ0n) is 8.33. The fourth-order valence-corrected chi connectivity index (χ4v) is 0.940. The van der Waals surface area contributed by atoms with Crippen molar-refractivity contribution in [2.75, 3.05) is 0 Å². The molecule has 0 aliphatic heterocycles. The van der Waals surface area contributed by atoms with E-state index in [-0.39, 0.29) is 19.5 Å². The Hall–Kier alpha value is -0.677. The average molecular weight is 224 g/mol. The first-order chi connectivity index (χ1) is 5.79. The number of hydrogen-bond donors (Lipinski definition) is 0. The van der Waals surface area contributed by atoms with Gasteiger partial charge in [-0.25, -0.2) is 24.3 Å². The van der Waals surface area contributed by atoms with Crippen LogP contribution in [0.3, 0.4) is 0 Å². The molecular formula is C12H14Zn. The third-order valence-corrected chi connectivity index (χ3v) is 1.66. The van der Waals surface area contributed by atoms with Crippen molar-refractivity contribution in [1.82, 2.24) is 0 Å². The molecule has 0 nitrogen and oxygen atoms in total. The van der Waals surface area contributed by atoms with E-state index in [1.165, 1.54) is 11.1 Å². The molecule has 2 rings (SSSR count). The van der Waals surface area contributed by atoms with Crippen LogP contribution in [0.4, 0.5) is 0 Å². The van der Waals surface area contributed by atoms with E-state index in [9.17, 15) is 0 Å². The van der Waals surface area contributed by atoms with Crippen LogP contribution in [0, 0.1) is 13.8 Å². The standard InChI is InChI=1S/2C6H7.Zn/c2*1-6-4-2-3-5-6;/h2*2-5H,1H3;/q2*-1;+2. The molecule has 1 heteroatoms. The smallest absolute Gasteiger partial charge is 0.213 e. The van der Waals surface area contributed by atoms with Crippen molar-refractivity contribution in [3.63, 3.8) is 0 Å². The molecule has 0 spiro atoms. The molecule has 0 fully saturated rings. The van der Waals surface area contributed by atoms with E-state index < -0.39 is 0 Å². The number of rotatable bonds is 0. The van der Waals surface area contributed by atoms with Gasteiger partial charge in [-0.15, -0.1) is 0 Å². The van der Waals surface area contributed by atoms with Crippen LogP contribution in [-0.4, -0.2) is 0 Å². The number of aryl methyl sites for hydroxylation is 2. The Bertz CT molecular complexity index is 245. The summed E-state index contributed by atoms with van der Waals surface area (Å²) in [4.78, 5) is 0. The monoisotopic (exact) mass is 222 g/mol. The van der Waals surface area contributed by atoms with E-state index >= 15 is 0 Å².